The van der Waals surface area contributed by atoms with Crippen LogP contribution >= 0.6 is 27.7 Å². The molecule has 2 nitrogen and oxygen atoms in total. The number of hydrogen-bond acceptors (Lipinski definition) is 3. The summed E-state index contributed by atoms with van der Waals surface area (Å²) < 4.78 is 0. The first kappa shape index (κ1) is 13.0. The number of hydrogen-bond donors (Lipinski definition) is 0. The van der Waals surface area contributed by atoms with Crippen LogP contribution in [0, 0.1) is 0 Å². The molecular weight excluding hydrogens is 298 g/mol. The Kier molecular flexibility index (Phi) is 4.15. The van der Waals surface area contributed by atoms with E-state index < -0.39 is 0 Å². The van der Waals surface area contributed by atoms with Gasteiger partial charge in [-0.25, -0.2) is 0 Å². The zero-order valence-electron chi connectivity index (χ0n) is 10.1. The van der Waals surface area contributed by atoms with Gasteiger partial charge in [0.2, 0.25) is 0 Å². The molecule has 0 aromatic heterocycles. The van der Waals surface area contributed by atoms with Crippen LogP contribution in [0.15, 0.2) is 29.4 Å². The molecule has 0 radical (unpaired) electrons. The summed E-state index contributed by atoms with van der Waals surface area (Å²) in [5.74, 6) is 0.959. The molecule has 1 aliphatic rings. The van der Waals surface area contributed by atoms with Crippen LogP contribution in [-0.4, -0.2) is 10.6 Å². The van der Waals surface area contributed by atoms with E-state index in [1.807, 2.05) is 0 Å². The third kappa shape index (κ3) is 3.75. The van der Waals surface area contributed by atoms with E-state index in [0.29, 0.717) is 0 Å². The average Bonchev–Trinajstić information content (AvgIpc) is 2.67. The van der Waals surface area contributed by atoms with Crippen molar-refractivity contribution in [1.29, 1.82) is 0 Å². The minimum absolute atomic E-state index is 0.123. The number of halogens is 1. The van der Waals surface area contributed by atoms with Crippen molar-refractivity contribution in [3.05, 3.63) is 35.4 Å². The third-order valence-electron chi connectivity index (χ3n) is 2.55. The van der Waals surface area contributed by atoms with Crippen LogP contribution in [0.5, 0.6) is 0 Å². The lowest BCUT2D eigenvalue weighted by atomic mass is 10.1. The van der Waals surface area contributed by atoms with Crippen molar-refractivity contribution in [2.24, 2.45) is 5.16 Å². The van der Waals surface area contributed by atoms with Gasteiger partial charge in [0.1, 0.15) is 10.6 Å². The molecule has 0 saturated carbocycles. The summed E-state index contributed by atoms with van der Waals surface area (Å²) in [4.78, 5) is 5.34. The fourth-order valence-electron chi connectivity index (χ4n) is 1.57. The van der Waals surface area contributed by atoms with Crippen molar-refractivity contribution < 1.29 is 4.84 Å². The molecule has 0 saturated heterocycles. The molecule has 0 atom stereocenters. The lowest BCUT2D eigenvalue weighted by Crippen LogP contribution is -2.18. The average molecular weight is 314 g/mol. The quantitative estimate of drug-likeness (QED) is 0.775. The molecule has 0 bridgehead atoms. The fraction of sp³-hybridized carbons (Fsp3) is 0.462. The summed E-state index contributed by atoms with van der Waals surface area (Å²) in [6.45, 7) is 4.13. The Hall–Kier alpha value is -0.480. The second-order valence-electron chi connectivity index (χ2n) is 4.75. The van der Waals surface area contributed by atoms with Gasteiger partial charge in [-0.2, -0.15) is 0 Å². The summed E-state index contributed by atoms with van der Waals surface area (Å²) in [5, 5.41) is 6.12. The summed E-state index contributed by atoms with van der Waals surface area (Å²) >= 11 is 5.21. The summed E-state index contributed by atoms with van der Waals surface area (Å²) in [6, 6.07) is 8.65. The molecule has 2 rings (SSSR count). The third-order valence-corrected chi connectivity index (χ3v) is 4.23. The van der Waals surface area contributed by atoms with Crippen molar-refractivity contribution in [2.75, 3.05) is 0 Å². The highest BCUT2D eigenvalue weighted by molar-refractivity contribution is 9.08. The Morgan fingerprint density at radius 3 is 2.47 bits per heavy atom. The zero-order valence-corrected chi connectivity index (χ0v) is 12.5. The first-order chi connectivity index (χ1) is 8.09. The van der Waals surface area contributed by atoms with Crippen molar-refractivity contribution in [1.82, 2.24) is 0 Å². The minimum Gasteiger partial charge on any atom is -0.389 e. The summed E-state index contributed by atoms with van der Waals surface area (Å²) in [6.07, 6.45) is 0.914. The minimum atomic E-state index is -0.123. The highest BCUT2D eigenvalue weighted by Crippen LogP contribution is 2.29. The van der Waals surface area contributed by atoms with E-state index in [1.165, 1.54) is 11.1 Å². The normalized spacial score (nSPS) is 17.7. The molecule has 4 heteroatoms. The Balaban J connectivity index is 1.86. The highest BCUT2D eigenvalue weighted by Gasteiger charge is 2.28. The van der Waals surface area contributed by atoms with Crippen molar-refractivity contribution in [2.45, 2.75) is 37.0 Å². The Morgan fingerprint density at radius 1 is 1.29 bits per heavy atom. The number of benzene rings is 1. The molecule has 92 valence electrons. The molecule has 1 aromatic carbocycles. The van der Waals surface area contributed by atoms with Gasteiger partial charge in [0.05, 0.1) is 0 Å². The van der Waals surface area contributed by atoms with Gasteiger partial charge < -0.3 is 4.84 Å². The van der Waals surface area contributed by atoms with E-state index >= 15 is 0 Å². The summed E-state index contributed by atoms with van der Waals surface area (Å²) in [5.41, 5.74) is 2.51. The van der Waals surface area contributed by atoms with Gasteiger partial charge in [-0.05, 0) is 25.0 Å². The topological polar surface area (TPSA) is 21.6 Å². The Morgan fingerprint density at radius 2 is 1.94 bits per heavy atom. The maximum Gasteiger partial charge on any atom is 0.138 e. The van der Waals surface area contributed by atoms with Gasteiger partial charge in [0.25, 0.3) is 0 Å². The predicted molar refractivity (Wildman–Crippen MR) is 77.6 cm³/mol. The standard InChI is InChI=1S/C13H16BrNOS/c1-13(2)7-12(15-16-13)17-9-11-5-3-10(8-14)4-6-11/h3-6H,7-9H2,1-2H3. The van der Waals surface area contributed by atoms with Crippen LogP contribution in [0.1, 0.15) is 31.4 Å². The molecular formula is C13H16BrNOS. The molecule has 0 fully saturated rings. The lowest BCUT2D eigenvalue weighted by Gasteiger charge is -2.13. The maximum atomic E-state index is 5.34. The van der Waals surface area contributed by atoms with E-state index in [-0.39, 0.29) is 5.60 Å². The second kappa shape index (κ2) is 5.44. The van der Waals surface area contributed by atoms with E-state index in [0.717, 1.165) is 22.5 Å². The van der Waals surface area contributed by atoms with E-state index in [2.05, 4.69) is 59.2 Å². The molecule has 0 amide bonds. The molecule has 17 heavy (non-hydrogen) atoms. The SMILES string of the molecule is CC1(C)CC(SCc2ccc(CBr)cc2)=NO1. The number of rotatable bonds is 3. The fourth-order valence-corrected chi connectivity index (χ4v) is 3.01. The largest absolute Gasteiger partial charge is 0.389 e. The van der Waals surface area contributed by atoms with Gasteiger partial charge in [-0.15, -0.1) is 11.8 Å². The van der Waals surface area contributed by atoms with Crippen LogP contribution in [0.25, 0.3) is 0 Å². The molecule has 1 aromatic rings. The van der Waals surface area contributed by atoms with Gasteiger partial charge in [-0.3, -0.25) is 0 Å². The molecule has 1 heterocycles. The predicted octanol–water partition coefficient (Wildman–Crippen LogP) is 4.33. The van der Waals surface area contributed by atoms with Crippen LogP contribution in [0.3, 0.4) is 0 Å². The smallest absolute Gasteiger partial charge is 0.138 e. The Bertz CT molecular complexity index is 414. The van der Waals surface area contributed by atoms with Crippen LogP contribution < -0.4 is 0 Å². The maximum absolute atomic E-state index is 5.34. The van der Waals surface area contributed by atoms with Crippen molar-refractivity contribution in [3.8, 4) is 0 Å². The second-order valence-corrected chi connectivity index (χ2v) is 6.36. The van der Waals surface area contributed by atoms with Crippen LogP contribution in [0.2, 0.25) is 0 Å². The first-order valence-electron chi connectivity index (χ1n) is 5.61. The monoisotopic (exact) mass is 313 g/mol. The van der Waals surface area contributed by atoms with Gasteiger partial charge >= 0.3 is 0 Å². The molecule has 0 N–H and O–H groups in total. The van der Waals surface area contributed by atoms with E-state index in [4.69, 9.17) is 4.84 Å². The summed E-state index contributed by atoms with van der Waals surface area (Å²) in [7, 11) is 0. The number of oxime groups is 1. The number of alkyl halides is 1. The number of thioether (sulfide) groups is 1. The lowest BCUT2D eigenvalue weighted by molar-refractivity contribution is 0.0123. The van der Waals surface area contributed by atoms with E-state index in [1.54, 1.807) is 11.8 Å². The van der Waals surface area contributed by atoms with Crippen molar-refractivity contribution in [3.63, 3.8) is 0 Å². The van der Waals surface area contributed by atoms with Gasteiger partial charge in [0.15, 0.2) is 0 Å². The van der Waals surface area contributed by atoms with Gasteiger partial charge in [-0.1, -0.05) is 45.4 Å². The molecule has 0 unspecified atom stereocenters. The zero-order chi connectivity index (χ0) is 12.3. The molecule has 0 spiro atoms. The Labute approximate surface area is 115 Å². The van der Waals surface area contributed by atoms with Gasteiger partial charge in [0, 0.05) is 17.5 Å². The van der Waals surface area contributed by atoms with E-state index in [9.17, 15) is 0 Å². The van der Waals surface area contributed by atoms with Crippen molar-refractivity contribution >= 4 is 32.7 Å². The molecule has 1 aliphatic heterocycles. The number of nitrogens with zero attached hydrogens (tertiary/aromatic N) is 1. The van der Waals surface area contributed by atoms with Crippen LogP contribution in [-0.2, 0) is 15.9 Å². The molecule has 0 aliphatic carbocycles. The first-order valence-corrected chi connectivity index (χ1v) is 7.71. The van der Waals surface area contributed by atoms with Crippen LogP contribution in [0.4, 0.5) is 0 Å². The highest BCUT2D eigenvalue weighted by atomic mass is 79.9.